The Morgan fingerprint density at radius 1 is 1.15 bits per heavy atom. The van der Waals surface area contributed by atoms with E-state index in [1.807, 2.05) is 4.90 Å². The highest BCUT2D eigenvalue weighted by Crippen LogP contribution is 2.47. The van der Waals surface area contributed by atoms with E-state index in [0.717, 1.165) is 19.5 Å². The van der Waals surface area contributed by atoms with Gasteiger partial charge in [-0.15, -0.1) is 5.10 Å². The quantitative estimate of drug-likeness (QED) is 0.719. The largest absolute Gasteiger partial charge is 0.335 e. The van der Waals surface area contributed by atoms with Crippen LogP contribution in [0, 0.1) is 11.8 Å². The molecule has 1 aliphatic heterocycles. The number of likely N-dealkylation sites (tertiary alicyclic amines) is 1. The van der Waals surface area contributed by atoms with Crippen molar-refractivity contribution in [2.24, 2.45) is 11.8 Å². The van der Waals surface area contributed by atoms with E-state index >= 15 is 0 Å². The van der Waals surface area contributed by atoms with Gasteiger partial charge in [-0.3, -0.25) is 4.79 Å². The molecule has 2 aromatic heterocycles. The Morgan fingerprint density at radius 2 is 1.93 bits per heavy atom. The molecule has 1 unspecified atom stereocenters. The molecule has 6 heteroatoms. The predicted octanol–water partition coefficient (Wildman–Crippen LogP) is 2.95. The molecule has 1 amide bonds. The molecular weight excluding hydrogens is 338 g/mol. The van der Waals surface area contributed by atoms with E-state index in [1.54, 1.807) is 23.0 Å². The first-order valence-corrected chi connectivity index (χ1v) is 9.77. The molecule has 3 heterocycles. The average Bonchev–Trinajstić information content (AvgIpc) is 3.39. The highest BCUT2D eigenvalue weighted by molar-refractivity contribution is 5.91. The molecule has 6 nitrogen and oxygen atoms in total. The van der Waals surface area contributed by atoms with E-state index < -0.39 is 0 Å². The molecule has 27 heavy (non-hydrogen) atoms. The Labute approximate surface area is 158 Å². The van der Waals surface area contributed by atoms with Gasteiger partial charge in [-0.25, -0.2) is 9.50 Å². The summed E-state index contributed by atoms with van der Waals surface area (Å²) in [6, 6.07) is 10.6. The number of hydrogen-bond donors (Lipinski definition) is 0. The van der Waals surface area contributed by atoms with Gasteiger partial charge in [0.25, 0.3) is 11.7 Å². The Morgan fingerprint density at radius 3 is 2.67 bits per heavy atom. The van der Waals surface area contributed by atoms with Crippen molar-refractivity contribution in [1.29, 1.82) is 0 Å². The molecule has 3 atom stereocenters. The van der Waals surface area contributed by atoms with Crippen molar-refractivity contribution in [2.45, 2.75) is 32.1 Å². The summed E-state index contributed by atoms with van der Waals surface area (Å²) in [6.07, 6.45) is 6.85. The fourth-order valence-corrected chi connectivity index (χ4v) is 4.94. The van der Waals surface area contributed by atoms with Gasteiger partial charge >= 0.3 is 0 Å². The summed E-state index contributed by atoms with van der Waals surface area (Å²) < 4.78 is 1.56. The van der Waals surface area contributed by atoms with E-state index in [4.69, 9.17) is 0 Å². The Hall–Kier alpha value is -2.76. The van der Waals surface area contributed by atoms with E-state index in [2.05, 4.69) is 46.3 Å². The molecule has 138 valence electrons. The van der Waals surface area contributed by atoms with Gasteiger partial charge in [0, 0.05) is 25.5 Å². The van der Waals surface area contributed by atoms with Gasteiger partial charge in [0.2, 0.25) is 5.82 Å². The number of aromatic nitrogens is 4. The van der Waals surface area contributed by atoms with Crippen LogP contribution in [-0.4, -0.2) is 43.5 Å². The average molecular weight is 361 g/mol. The van der Waals surface area contributed by atoms with Crippen LogP contribution in [0.1, 0.15) is 47.4 Å². The normalized spacial score (nSPS) is 24.5. The molecule has 1 aliphatic carbocycles. The van der Waals surface area contributed by atoms with Crippen molar-refractivity contribution in [3.63, 3.8) is 0 Å². The molecule has 0 N–H and O–H groups in total. The van der Waals surface area contributed by atoms with Crippen LogP contribution in [0.5, 0.6) is 0 Å². The lowest BCUT2D eigenvalue weighted by atomic mass is 9.90. The first kappa shape index (κ1) is 16.4. The summed E-state index contributed by atoms with van der Waals surface area (Å²) in [5.41, 5.74) is 2.98. The van der Waals surface area contributed by atoms with Crippen LogP contribution in [0.25, 0.3) is 5.78 Å². The molecule has 2 fully saturated rings. The number of amides is 1. The number of carbonyl (C=O) groups excluding carboxylic acids is 1. The molecule has 1 aromatic carbocycles. The number of aryl methyl sites for hydroxylation is 1. The summed E-state index contributed by atoms with van der Waals surface area (Å²) in [4.78, 5) is 23.2. The number of fused-ring (bicyclic) bond motifs is 2. The fourth-order valence-electron chi connectivity index (χ4n) is 4.94. The maximum atomic E-state index is 12.9. The van der Waals surface area contributed by atoms with Crippen LogP contribution in [-0.2, 0) is 6.42 Å². The molecule has 0 radical (unpaired) electrons. The SMILES string of the molecule is CCc1ccccc1C1C[C@@H]2CN(C(=O)c3nc4ncccn4n3)C[C@@H]2C1. The Kier molecular flexibility index (Phi) is 3.92. The number of hydrogen-bond acceptors (Lipinski definition) is 4. The Balaban J connectivity index is 1.30. The maximum Gasteiger partial charge on any atom is 0.293 e. The number of nitrogens with zero attached hydrogens (tertiary/aromatic N) is 5. The molecule has 1 saturated carbocycles. The summed E-state index contributed by atoms with van der Waals surface area (Å²) in [6.45, 7) is 3.86. The smallest absolute Gasteiger partial charge is 0.293 e. The van der Waals surface area contributed by atoms with E-state index in [9.17, 15) is 4.79 Å². The van der Waals surface area contributed by atoms with E-state index in [-0.39, 0.29) is 11.7 Å². The Bertz CT molecular complexity index is 950. The topological polar surface area (TPSA) is 63.4 Å². The second kappa shape index (κ2) is 6.44. The highest BCUT2D eigenvalue weighted by atomic mass is 16.2. The predicted molar refractivity (Wildman–Crippen MR) is 101 cm³/mol. The number of benzene rings is 1. The fraction of sp³-hybridized carbons (Fsp3) is 0.429. The standard InChI is InChI=1S/C21H23N5O/c1-2-14-6-3-4-7-18(14)15-10-16-12-25(13-17(16)11-15)20(27)19-23-21-22-8-5-9-26(21)24-19/h3-9,15-17H,2,10-13H2,1H3/t15?,16-,17+. The lowest BCUT2D eigenvalue weighted by Gasteiger charge is -2.19. The van der Waals surface area contributed by atoms with Gasteiger partial charge in [0.1, 0.15) is 0 Å². The molecule has 3 aromatic rings. The molecule has 0 spiro atoms. The lowest BCUT2D eigenvalue weighted by Crippen LogP contribution is -2.30. The first-order valence-electron chi connectivity index (χ1n) is 9.77. The molecule has 1 saturated heterocycles. The van der Waals surface area contributed by atoms with Crippen LogP contribution in [0.15, 0.2) is 42.7 Å². The van der Waals surface area contributed by atoms with Crippen LogP contribution in [0.2, 0.25) is 0 Å². The first-order chi connectivity index (χ1) is 13.2. The highest BCUT2D eigenvalue weighted by Gasteiger charge is 2.43. The third kappa shape index (κ3) is 2.80. The minimum absolute atomic E-state index is 0.0691. The summed E-state index contributed by atoms with van der Waals surface area (Å²) in [5.74, 6) is 2.45. The summed E-state index contributed by atoms with van der Waals surface area (Å²) >= 11 is 0. The van der Waals surface area contributed by atoms with Crippen molar-refractivity contribution in [1.82, 2.24) is 24.5 Å². The van der Waals surface area contributed by atoms with Crippen molar-refractivity contribution in [2.75, 3.05) is 13.1 Å². The summed E-state index contributed by atoms with van der Waals surface area (Å²) in [7, 11) is 0. The number of carbonyl (C=O) groups is 1. The van der Waals surface area contributed by atoms with Gasteiger partial charge in [0.05, 0.1) is 0 Å². The molecule has 2 aliphatic rings. The van der Waals surface area contributed by atoms with E-state index in [1.165, 1.54) is 24.0 Å². The third-order valence-electron chi connectivity index (χ3n) is 6.22. The van der Waals surface area contributed by atoms with Gasteiger partial charge < -0.3 is 4.90 Å². The molecular formula is C21H23N5O. The number of rotatable bonds is 3. The van der Waals surface area contributed by atoms with Crippen molar-refractivity contribution in [3.05, 3.63) is 59.7 Å². The maximum absolute atomic E-state index is 12.9. The van der Waals surface area contributed by atoms with Crippen molar-refractivity contribution >= 4 is 11.7 Å². The van der Waals surface area contributed by atoms with Crippen LogP contribution >= 0.6 is 0 Å². The second-order valence-corrected chi connectivity index (χ2v) is 7.75. The van der Waals surface area contributed by atoms with Gasteiger partial charge in [-0.2, -0.15) is 4.98 Å². The van der Waals surface area contributed by atoms with E-state index in [0.29, 0.717) is 23.5 Å². The monoisotopic (exact) mass is 361 g/mol. The van der Waals surface area contributed by atoms with Crippen molar-refractivity contribution in [3.8, 4) is 0 Å². The third-order valence-corrected chi connectivity index (χ3v) is 6.22. The lowest BCUT2D eigenvalue weighted by molar-refractivity contribution is 0.0768. The van der Waals surface area contributed by atoms with Crippen LogP contribution < -0.4 is 0 Å². The minimum Gasteiger partial charge on any atom is -0.335 e. The van der Waals surface area contributed by atoms with Gasteiger partial charge in [-0.1, -0.05) is 31.2 Å². The van der Waals surface area contributed by atoms with Crippen LogP contribution in [0.4, 0.5) is 0 Å². The van der Waals surface area contributed by atoms with Gasteiger partial charge in [0.15, 0.2) is 0 Å². The van der Waals surface area contributed by atoms with Crippen LogP contribution in [0.3, 0.4) is 0 Å². The zero-order chi connectivity index (χ0) is 18.4. The van der Waals surface area contributed by atoms with Crippen molar-refractivity contribution < 1.29 is 4.79 Å². The second-order valence-electron chi connectivity index (χ2n) is 7.75. The zero-order valence-electron chi connectivity index (χ0n) is 15.5. The van der Waals surface area contributed by atoms with Gasteiger partial charge in [-0.05, 0) is 54.2 Å². The molecule has 5 rings (SSSR count). The minimum atomic E-state index is -0.0691. The summed E-state index contributed by atoms with van der Waals surface area (Å²) in [5, 5.41) is 4.29. The zero-order valence-corrected chi connectivity index (χ0v) is 15.5. The molecule has 0 bridgehead atoms.